The molecule has 1 aliphatic heterocycles. The molecule has 3 aromatic carbocycles. The number of benzene rings is 3. The molecule has 5 atom stereocenters. The van der Waals surface area contributed by atoms with Gasteiger partial charge < -0.3 is 108 Å². The van der Waals surface area contributed by atoms with Crippen LogP contribution < -0.4 is 58.5 Å². The Balaban J connectivity index is 1.20. The Labute approximate surface area is 661 Å². The molecule has 19 N–H and O–H groups in total. The number of amides is 7. The van der Waals surface area contributed by atoms with Gasteiger partial charge in [-0.3, -0.25) is 48.3 Å². The first kappa shape index (κ1) is 94.3. The summed E-state index contributed by atoms with van der Waals surface area (Å²) in [5.41, 5.74) is 11.1. The van der Waals surface area contributed by atoms with Crippen LogP contribution in [0.25, 0.3) is 5.70 Å². The van der Waals surface area contributed by atoms with Crippen LogP contribution >= 0.6 is 28.1 Å². The number of carboxylic acid groups (broad SMARTS) is 7. The second-order valence-corrected chi connectivity index (χ2v) is 27.3. The average Bonchev–Trinajstić information content (AvgIpc) is 0.836. The average molecular weight is 1660 g/mol. The molecule has 1 aliphatic rings. The quantitative estimate of drug-likeness (QED) is 0.0219. The van der Waals surface area contributed by atoms with Gasteiger partial charge in [0.25, 0.3) is 0 Å². The zero-order valence-corrected chi connectivity index (χ0v) is 64.7. The highest BCUT2D eigenvalue weighted by atomic mass is 79.9. The Morgan fingerprint density at radius 2 is 1.09 bits per heavy atom. The van der Waals surface area contributed by atoms with Crippen LogP contribution in [0, 0.1) is 5.53 Å². The number of nitrogens with one attached hydrogen (secondary N) is 12. The Hall–Kier alpha value is -10.1. The number of carboxylic acids is 7. The zero-order valence-electron chi connectivity index (χ0n) is 62.3. The lowest BCUT2D eigenvalue weighted by molar-refractivity contribution is -0.142. The number of carbonyl (C=O) groups is 12. The maximum Gasteiger partial charge on any atom is 0.326 e. The molecule has 7 amide bonds. The molecule has 1 fully saturated rings. The molecule has 0 bridgehead atoms. The molecule has 1 saturated heterocycles. The lowest BCUT2D eigenvalue weighted by Gasteiger charge is -2.36. The Bertz CT molecular complexity index is 3550. The lowest BCUT2D eigenvalue weighted by atomic mass is 10.0. The van der Waals surface area contributed by atoms with Crippen molar-refractivity contribution in [2.45, 2.75) is 120 Å². The van der Waals surface area contributed by atoms with Crippen LogP contribution in [-0.2, 0) is 75.0 Å². The van der Waals surface area contributed by atoms with Crippen LogP contribution in [0.1, 0.15) is 93.7 Å². The highest BCUT2D eigenvalue weighted by Gasteiger charge is 2.30. The minimum absolute atomic E-state index is 0.0284. The van der Waals surface area contributed by atoms with Crippen LogP contribution in [0.4, 0.5) is 21.0 Å². The second kappa shape index (κ2) is 54.5. The summed E-state index contributed by atoms with van der Waals surface area (Å²) in [5.74, 6) is -9.95. The van der Waals surface area contributed by atoms with E-state index in [-0.39, 0.29) is 147 Å². The van der Waals surface area contributed by atoms with Crippen LogP contribution in [0.15, 0.2) is 88.6 Å². The fourth-order valence-corrected chi connectivity index (χ4v) is 11.8. The first-order valence-electron chi connectivity index (χ1n) is 36.6. The smallest absolute Gasteiger partial charge is 0.326 e. The topological polar surface area (TPSA) is 552 Å². The third kappa shape index (κ3) is 42.4. The first-order chi connectivity index (χ1) is 53.7. The van der Waals surface area contributed by atoms with Crippen molar-refractivity contribution in [2.75, 3.05) is 142 Å². The predicted octanol–water partition coefficient (Wildman–Crippen LogP) is 2.58. The molecule has 0 radical (unpaired) electrons. The molecule has 112 heavy (non-hydrogen) atoms. The normalized spacial score (nSPS) is 14.8. The Morgan fingerprint density at radius 3 is 1.70 bits per heavy atom. The molecule has 38 nitrogen and oxygen atoms in total. The molecule has 0 spiro atoms. The summed E-state index contributed by atoms with van der Waals surface area (Å²) in [6, 6.07) is 13.6. The lowest BCUT2D eigenvalue weighted by Crippen LogP contribution is -2.52. The van der Waals surface area contributed by atoms with Crippen molar-refractivity contribution < 1.29 is 107 Å². The summed E-state index contributed by atoms with van der Waals surface area (Å²) in [4.78, 5) is 152. The van der Waals surface area contributed by atoms with E-state index in [0.29, 0.717) is 94.7 Å². The van der Waals surface area contributed by atoms with Gasteiger partial charge in [0.15, 0.2) is 5.11 Å². The van der Waals surface area contributed by atoms with Gasteiger partial charge in [-0.15, -0.1) is 0 Å². The van der Waals surface area contributed by atoms with Crippen LogP contribution in [0.5, 0.6) is 0 Å². The third-order valence-corrected chi connectivity index (χ3v) is 17.8. The van der Waals surface area contributed by atoms with Gasteiger partial charge in [0.2, 0.25) is 17.7 Å². The number of hydrogen-bond acceptors (Lipinski definition) is 23. The number of ether oxygens (including phenoxy) is 3. The van der Waals surface area contributed by atoms with Gasteiger partial charge in [0.05, 0.1) is 65.7 Å². The molecule has 5 unspecified atom stereocenters. The zero-order chi connectivity index (χ0) is 82.0. The first-order valence-corrected chi connectivity index (χ1v) is 37.8. The van der Waals surface area contributed by atoms with Crippen LogP contribution in [0.2, 0.25) is 0 Å². The summed E-state index contributed by atoms with van der Waals surface area (Å²) in [5, 5.41) is 101. The number of aliphatic carboxylic acids is 7. The maximum absolute atomic E-state index is 13.8. The van der Waals surface area contributed by atoms with Gasteiger partial charge in [-0.1, -0.05) is 52.3 Å². The van der Waals surface area contributed by atoms with Crippen molar-refractivity contribution >= 4 is 122 Å². The molecule has 0 aliphatic carbocycles. The number of nitrogens with zero attached hydrogens (tertiary/aromatic N) is 4. The molecule has 0 aromatic heterocycles. The van der Waals surface area contributed by atoms with Crippen molar-refractivity contribution in [3.63, 3.8) is 0 Å². The predicted molar refractivity (Wildman–Crippen MR) is 415 cm³/mol. The molecule has 40 heteroatoms. The molecular formula is C72H105BrN16O22S. The standard InChI is InChI=1S/C72H105BrN16O22S/c73-51-17-13-49(14-18-51)41-61(91)77-24-4-2-11-56(67(101)102)83-66(100)55(10-1-6-26-79-72(112)81-52-19-15-48(16-20-52)40-54-44-88(46-64(96)97)31-28-75-27-30-87(45-63(94)95)32-33-89(54)47-65(98)99)82-60(90)23-34-109-36-38-111-39-37-110-35-29-76-43-59(86-74)50-8-7-9-53(42-50)80-70(107)78-25-5-3-12-57(68(103)104)84-71(108)85-58(69(105)106)21-22-62(92)93/h7-9,13-20,42-43,54-58,74-76H,1-6,10-12,21-41,44-47H2,(H,77,91)(H,82,90)(H,83,100)(H,92,93)(H,94,95)(H,96,97)(H,98,99)(H,101,102)(H,103,104)(H,105,106)(H2,78,80,107)(H2,79,81,112)(H2,84,85,108)/b59-43-,86-74?. The highest BCUT2D eigenvalue weighted by molar-refractivity contribution is 9.10. The minimum Gasteiger partial charge on any atom is -0.481 e. The largest absolute Gasteiger partial charge is 0.481 e. The van der Waals surface area contributed by atoms with Crippen LogP contribution in [-0.4, -0.2) is 289 Å². The molecular weight excluding hydrogens is 1550 g/mol. The van der Waals surface area contributed by atoms with E-state index < -0.39 is 109 Å². The Kier molecular flexibility index (Phi) is 45.9. The number of unbranched alkanes of at least 4 members (excludes halogenated alkanes) is 3. The van der Waals surface area contributed by atoms with E-state index in [1.165, 1.54) is 6.20 Å². The fraction of sp³-hybridized carbons (Fsp3) is 0.542. The maximum atomic E-state index is 13.8. The van der Waals surface area contributed by atoms with Crippen molar-refractivity contribution in [2.24, 2.45) is 5.11 Å². The summed E-state index contributed by atoms with van der Waals surface area (Å²) < 4.78 is 17.7. The van der Waals surface area contributed by atoms with Crippen molar-refractivity contribution in [3.8, 4) is 0 Å². The monoisotopic (exact) mass is 1660 g/mol. The summed E-state index contributed by atoms with van der Waals surface area (Å²) in [6.45, 7) is 3.58. The van der Waals surface area contributed by atoms with Crippen molar-refractivity contribution in [1.29, 1.82) is 5.53 Å². The van der Waals surface area contributed by atoms with E-state index in [1.54, 1.807) is 51.1 Å². The van der Waals surface area contributed by atoms with Gasteiger partial charge in [0, 0.05) is 118 Å². The number of rotatable bonds is 53. The molecule has 4 rings (SSSR count). The molecule has 0 saturated carbocycles. The van der Waals surface area contributed by atoms with Gasteiger partial charge in [0.1, 0.15) is 29.9 Å². The molecule has 1 heterocycles. The van der Waals surface area contributed by atoms with Gasteiger partial charge >= 0.3 is 53.8 Å². The van der Waals surface area contributed by atoms with E-state index in [9.17, 15) is 88.2 Å². The van der Waals surface area contributed by atoms with Gasteiger partial charge in [-0.05, 0) is 130 Å². The summed E-state index contributed by atoms with van der Waals surface area (Å²) >= 11 is 8.97. The number of thiocarbonyl (C=S) groups is 1. The SMILES string of the molecule is N=N/C(=C\NCCOCCOCCOCCC(=O)NC(CCCCNC(=S)Nc1ccc(CC2CN(CC(=O)O)CCNCCN(CC(=O)O)CCN2CC(=O)O)cc1)C(=O)NC(CCCCNC(=O)Cc1ccc(Br)cc1)C(=O)O)c1cccc(NC(=O)NCCCCC(NC(=O)NC(CCC(=O)O)C(=O)O)C(=O)O)c1. The summed E-state index contributed by atoms with van der Waals surface area (Å²) in [7, 11) is 0. The van der Waals surface area contributed by atoms with E-state index >= 15 is 0 Å². The van der Waals surface area contributed by atoms with E-state index in [1.807, 2.05) is 36.4 Å². The minimum atomic E-state index is -1.55. The van der Waals surface area contributed by atoms with Gasteiger partial charge in [-0.2, -0.15) is 5.11 Å². The number of urea groups is 2. The van der Waals surface area contributed by atoms with Gasteiger partial charge in [-0.25, -0.2) is 29.5 Å². The molecule has 3 aromatic rings. The number of anilines is 2. The van der Waals surface area contributed by atoms with E-state index in [2.05, 4.69) is 79.5 Å². The summed E-state index contributed by atoms with van der Waals surface area (Å²) in [6.07, 6.45) is 3.26. The van der Waals surface area contributed by atoms with E-state index in [0.717, 1.165) is 15.6 Å². The van der Waals surface area contributed by atoms with Crippen molar-refractivity contribution in [1.82, 2.24) is 62.6 Å². The number of carbonyl (C=O) groups excluding carboxylic acids is 5. The number of hydrogen-bond donors (Lipinski definition) is 19. The van der Waals surface area contributed by atoms with Crippen molar-refractivity contribution in [3.05, 3.63) is 100 Å². The van der Waals surface area contributed by atoms with Crippen LogP contribution in [0.3, 0.4) is 0 Å². The third-order valence-electron chi connectivity index (χ3n) is 17.1. The second-order valence-electron chi connectivity index (χ2n) is 26.0. The number of halogens is 1. The Morgan fingerprint density at radius 1 is 0.536 bits per heavy atom. The highest BCUT2D eigenvalue weighted by Crippen LogP contribution is 2.21. The van der Waals surface area contributed by atoms with E-state index in [4.69, 9.17) is 37.1 Å². The molecule has 618 valence electrons. The fourth-order valence-electron chi connectivity index (χ4n) is 11.3.